The molecule has 2 N–H and O–H groups in total. The third-order valence-corrected chi connectivity index (χ3v) is 9.83. The number of piperazine rings is 1. The van der Waals surface area contributed by atoms with Crippen molar-refractivity contribution in [3.05, 3.63) is 23.9 Å². The zero-order valence-corrected chi connectivity index (χ0v) is 19.7. The monoisotopic (exact) mass is 465 g/mol. The summed E-state index contributed by atoms with van der Waals surface area (Å²) in [4.78, 5) is 21.6. The van der Waals surface area contributed by atoms with Crippen LogP contribution >= 0.6 is 0 Å². The first-order valence-corrected chi connectivity index (χ1v) is 13.2. The number of amides is 1. The summed E-state index contributed by atoms with van der Waals surface area (Å²) in [5.41, 5.74) is 2.87. The quantitative estimate of drug-likeness (QED) is 0.441. The molecular formula is C22H35N5O4S. The van der Waals surface area contributed by atoms with Crippen molar-refractivity contribution in [1.82, 2.24) is 19.7 Å². The van der Waals surface area contributed by atoms with E-state index in [2.05, 4.69) is 27.8 Å². The van der Waals surface area contributed by atoms with Crippen LogP contribution in [-0.2, 0) is 21.2 Å². The highest BCUT2D eigenvalue weighted by Gasteiger charge is 2.55. The molecule has 4 rings (SSSR count). The molecule has 3 fully saturated rings. The van der Waals surface area contributed by atoms with Crippen LogP contribution in [0.25, 0.3) is 0 Å². The van der Waals surface area contributed by atoms with E-state index < -0.39 is 20.7 Å². The van der Waals surface area contributed by atoms with Crippen molar-refractivity contribution < 1.29 is 18.4 Å². The minimum atomic E-state index is -3.92. The average molecular weight is 466 g/mol. The van der Waals surface area contributed by atoms with Crippen LogP contribution in [0.4, 0.5) is 5.82 Å². The maximum absolute atomic E-state index is 13.6. The molecule has 0 bridgehead atoms. The second-order valence-corrected chi connectivity index (χ2v) is 11.5. The zero-order chi connectivity index (χ0) is 22.8. The molecule has 2 saturated heterocycles. The molecule has 3 aliphatic rings. The Hall–Kier alpha value is -1.75. The first kappa shape index (κ1) is 23.4. The number of pyridine rings is 1. The fourth-order valence-corrected chi connectivity index (χ4v) is 7.05. The van der Waals surface area contributed by atoms with Gasteiger partial charge in [-0.3, -0.25) is 10.0 Å². The van der Waals surface area contributed by atoms with Gasteiger partial charge in [0.2, 0.25) is 10.0 Å². The van der Waals surface area contributed by atoms with Gasteiger partial charge in [-0.2, -0.15) is 4.31 Å². The SMILES string of the molecule is CCCCc1ccc(N2CCN(S(=O)(=O)C3(C(=O)NO)CCN(C4CC4)CC3)CC2)nc1. The number of hydrogen-bond acceptors (Lipinski definition) is 7. The van der Waals surface area contributed by atoms with Crippen molar-refractivity contribution in [2.45, 2.75) is 62.7 Å². The van der Waals surface area contributed by atoms with Gasteiger partial charge < -0.3 is 9.80 Å². The topological polar surface area (TPSA) is 106 Å². The number of aryl methyl sites for hydroxylation is 1. The number of nitrogens with one attached hydrogen (secondary N) is 1. The summed E-state index contributed by atoms with van der Waals surface area (Å²) in [5, 5.41) is 9.36. The number of piperidine rings is 1. The highest BCUT2D eigenvalue weighted by Crippen LogP contribution is 2.38. The lowest BCUT2D eigenvalue weighted by Crippen LogP contribution is -2.63. The molecule has 1 amide bonds. The van der Waals surface area contributed by atoms with Crippen LogP contribution in [0.2, 0.25) is 0 Å². The van der Waals surface area contributed by atoms with Gasteiger partial charge in [-0.25, -0.2) is 18.9 Å². The minimum absolute atomic E-state index is 0.208. The van der Waals surface area contributed by atoms with E-state index in [1.165, 1.54) is 9.87 Å². The molecular weight excluding hydrogens is 430 g/mol. The molecule has 9 nitrogen and oxygen atoms in total. The van der Waals surface area contributed by atoms with Crippen LogP contribution in [0.3, 0.4) is 0 Å². The molecule has 1 aliphatic carbocycles. The lowest BCUT2D eigenvalue weighted by atomic mass is 9.95. The van der Waals surface area contributed by atoms with Crippen molar-refractivity contribution in [3.8, 4) is 0 Å². The number of carbonyl (C=O) groups excluding carboxylic acids is 1. The van der Waals surface area contributed by atoms with Crippen LogP contribution in [-0.4, -0.2) is 83.8 Å². The van der Waals surface area contributed by atoms with Crippen LogP contribution in [0.1, 0.15) is 51.0 Å². The van der Waals surface area contributed by atoms with E-state index in [1.807, 2.05) is 12.3 Å². The summed E-state index contributed by atoms with van der Waals surface area (Å²) in [5.74, 6) is 0.0440. The molecule has 0 unspecified atom stereocenters. The maximum Gasteiger partial charge on any atom is 0.266 e. The third kappa shape index (κ3) is 4.50. The van der Waals surface area contributed by atoms with E-state index in [4.69, 9.17) is 0 Å². The van der Waals surface area contributed by atoms with Gasteiger partial charge in [-0.15, -0.1) is 0 Å². The van der Waals surface area contributed by atoms with Crippen molar-refractivity contribution in [3.63, 3.8) is 0 Å². The third-order valence-electron chi connectivity index (χ3n) is 7.21. The molecule has 32 heavy (non-hydrogen) atoms. The van der Waals surface area contributed by atoms with E-state index in [0.717, 1.165) is 37.9 Å². The van der Waals surface area contributed by atoms with Crippen molar-refractivity contribution in [2.24, 2.45) is 0 Å². The van der Waals surface area contributed by atoms with Crippen LogP contribution in [0.15, 0.2) is 18.3 Å². The number of aromatic nitrogens is 1. The fraction of sp³-hybridized carbons (Fsp3) is 0.727. The number of nitrogens with zero attached hydrogens (tertiary/aromatic N) is 4. The number of sulfonamides is 1. The Kier molecular flexibility index (Phi) is 7.04. The van der Waals surface area contributed by atoms with E-state index in [1.54, 1.807) is 5.48 Å². The number of hydroxylamine groups is 1. The number of anilines is 1. The Balaban J connectivity index is 1.42. The summed E-state index contributed by atoms with van der Waals surface area (Å²) in [7, 11) is -3.92. The molecule has 0 radical (unpaired) electrons. The molecule has 1 aromatic heterocycles. The number of likely N-dealkylation sites (tertiary alicyclic amines) is 1. The zero-order valence-electron chi connectivity index (χ0n) is 18.9. The van der Waals surface area contributed by atoms with Gasteiger partial charge in [0.05, 0.1) is 0 Å². The van der Waals surface area contributed by atoms with Crippen LogP contribution in [0, 0.1) is 0 Å². The Morgan fingerprint density at radius 2 is 1.84 bits per heavy atom. The standard InChI is InChI=1S/C22H35N5O4S/c1-2-3-4-18-5-8-20(23-17-18)26-13-15-27(16-14-26)32(30,31)22(21(28)24-29)9-11-25(12-10-22)19-6-7-19/h5,8,17,19,29H,2-4,6-7,9-16H2,1H3,(H,24,28). The van der Waals surface area contributed by atoms with E-state index in [-0.39, 0.29) is 12.8 Å². The molecule has 0 aromatic carbocycles. The van der Waals surface area contributed by atoms with Crippen molar-refractivity contribution >= 4 is 21.7 Å². The molecule has 2 aliphatic heterocycles. The Labute approximate surface area is 190 Å². The van der Waals surface area contributed by atoms with Gasteiger partial charge in [-0.05, 0) is 50.2 Å². The highest BCUT2D eigenvalue weighted by atomic mass is 32.2. The highest BCUT2D eigenvalue weighted by molar-refractivity contribution is 7.91. The molecule has 3 heterocycles. The number of unbranched alkanes of at least 4 members (excludes halogenated alkanes) is 1. The maximum atomic E-state index is 13.6. The number of carbonyl (C=O) groups is 1. The van der Waals surface area contributed by atoms with Gasteiger partial charge in [0.25, 0.3) is 5.91 Å². The number of rotatable bonds is 8. The first-order chi connectivity index (χ1) is 15.4. The molecule has 178 valence electrons. The van der Waals surface area contributed by atoms with Gasteiger partial charge in [0.1, 0.15) is 5.82 Å². The van der Waals surface area contributed by atoms with Crippen molar-refractivity contribution in [2.75, 3.05) is 44.2 Å². The summed E-state index contributed by atoms with van der Waals surface area (Å²) in [6.07, 6.45) is 7.90. The van der Waals surface area contributed by atoms with Crippen LogP contribution in [0.5, 0.6) is 0 Å². The lowest BCUT2D eigenvalue weighted by Gasteiger charge is -2.44. The van der Waals surface area contributed by atoms with E-state index in [9.17, 15) is 18.4 Å². The predicted molar refractivity (Wildman–Crippen MR) is 122 cm³/mol. The largest absolute Gasteiger partial charge is 0.354 e. The van der Waals surface area contributed by atoms with E-state index in [0.29, 0.717) is 45.3 Å². The summed E-state index contributed by atoms with van der Waals surface area (Å²) in [6, 6.07) is 4.62. The summed E-state index contributed by atoms with van der Waals surface area (Å²) < 4.78 is 27.1. The number of hydrogen-bond donors (Lipinski definition) is 2. The summed E-state index contributed by atoms with van der Waals surface area (Å²) >= 11 is 0. The fourth-order valence-electron chi connectivity index (χ4n) is 4.93. The van der Waals surface area contributed by atoms with Crippen molar-refractivity contribution in [1.29, 1.82) is 0 Å². The van der Waals surface area contributed by atoms with Gasteiger partial charge in [-0.1, -0.05) is 19.4 Å². The van der Waals surface area contributed by atoms with Gasteiger partial charge in [0.15, 0.2) is 4.75 Å². The van der Waals surface area contributed by atoms with Crippen LogP contribution < -0.4 is 10.4 Å². The Morgan fingerprint density at radius 1 is 1.16 bits per heavy atom. The second kappa shape index (κ2) is 9.62. The van der Waals surface area contributed by atoms with Gasteiger partial charge in [0, 0.05) is 51.5 Å². The first-order valence-electron chi connectivity index (χ1n) is 11.8. The normalized spacial score (nSPS) is 22.6. The van der Waals surface area contributed by atoms with E-state index >= 15 is 0 Å². The minimum Gasteiger partial charge on any atom is -0.354 e. The second-order valence-electron chi connectivity index (χ2n) is 9.22. The lowest BCUT2D eigenvalue weighted by molar-refractivity contribution is -0.133. The molecule has 0 spiro atoms. The summed E-state index contributed by atoms with van der Waals surface area (Å²) in [6.45, 7) is 4.93. The molecule has 0 atom stereocenters. The Bertz CT molecular complexity index is 887. The van der Waals surface area contributed by atoms with Gasteiger partial charge >= 0.3 is 0 Å². The molecule has 1 aromatic rings. The average Bonchev–Trinajstić information content (AvgIpc) is 3.68. The predicted octanol–water partition coefficient (Wildman–Crippen LogP) is 1.38. The molecule has 1 saturated carbocycles. The smallest absolute Gasteiger partial charge is 0.266 e. The Morgan fingerprint density at radius 3 is 2.38 bits per heavy atom. The molecule has 10 heteroatoms.